The molecule has 0 spiro atoms. The molecule has 1 aromatic rings. The number of aryl methyl sites for hydroxylation is 1. The summed E-state index contributed by atoms with van der Waals surface area (Å²) in [4.78, 5) is 11.8. The molecule has 0 aliphatic carbocycles. The first kappa shape index (κ1) is 7.22. The van der Waals surface area contributed by atoms with E-state index in [4.69, 9.17) is 0 Å². The molecule has 0 fully saturated rings. The van der Waals surface area contributed by atoms with Gasteiger partial charge in [-0.1, -0.05) is 6.58 Å². The monoisotopic (exact) mass is 152 g/mol. The van der Waals surface area contributed by atoms with Gasteiger partial charge < -0.3 is 0 Å². The molecule has 0 aliphatic heterocycles. The maximum absolute atomic E-state index is 11.0. The second-order valence-electron chi connectivity index (χ2n) is 2.00. The third-order valence-corrected chi connectivity index (χ3v) is 2.30. The molecule has 52 valence electrons. The maximum Gasteiger partial charge on any atom is 0.195 e. The van der Waals surface area contributed by atoms with Crippen molar-refractivity contribution in [3.63, 3.8) is 0 Å². The molecule has 1 nitrogen and oxygen atoms in total. The zero-order valence-electron chi connectivity index (χ0n) is 5.76. The zero-order chi connectivity index (χ0) is 7.56. The normalized spacial score (nSPS) is 9.30. The highest BCUT2D eigenvalue weighted by Crippen LogP contribution is 2.15. The van der Waals surface area contributed by atoms with E-state index in [1.165, 1.54) is 17.4 Å². The quantitative estimate of drug-likeness (QED) is 0.470. The highest BCUT2D eigenvalue weighted by atomic mass is 32.1. The van der Waals surface area contributed by atoms with Crippen molar-refractivity contribution in [1.82, 2.24) is 0 Å². The predicted molar refractivity (Wildman–Crippen MR) is 43.6 cm³/mol. The molecular formula is C8H8OS. The fraction of sp³-hybridized carbons (Fsp3) is 0.125. The van der Waals surface area contributed by atoms with E-state index in [-0.39, 0.29) is 5.78 Å². The number of hydrogen-bond acceptors (Lipinski definition) is 2. The first-order chi connectivity index (χ1) is 4.75. The van der Waals surface area contributed by atoms with Crippen LogP contribution in [0.25, 0.3) is 0 Å². The second kappa shape index (κ2) is 2.80. The fourth-order valence-electron chi connectivity index (χ4n) is 0.718. The van der Waals surface area contributed by atoms with Gasteiger partial charge in [-0.15, -0.1) is 11.3 Å². The molecule has 0 aliphatic rings. The van der Waals surface area contributed by atoms with Gasteiger partial charge in [-0.05, 0) is 30.0 Å². The first-order valence-electron chi connectivity index (χ1n) is 2.96. The minimum atomic E-state index is 0.0208. The van der Waals surface area contributed by atoms with E-state index < -0.39 is 0 Å². The SMILES string of the molecule is C=CC(=O)c1sccc1C. The van der Waals surface area contributed by atoms with Crippen LogP contribution in [0.3, 0.4) is 0 Å². The average molecular weight is 152 g/mol. The zero-order valence-corrected chi connectivity index (χ0v) is 6.57. The van der Waals surface area contributed by atoms with Crippen LogP contribution in [0, 0.1) is 6.92 Å². The summed E-state index contributed by atoms with van der Waals surface area (Å²) in [5.74, 6) is 0.0208. The summed E-state index contributed by atoms with van der Waals surface area (Å²) in [7, 11) is 0. The summed E-state index contributed by atoms with van der Waals surface area (Å²) in [6.07, 6.45) is 1.35. The number of thiophene rings is 1. The van der Waals surface area contributed by atoms with Gasteiger partial charge in [0.25, 0.3) is 0 Å². The van der Waals surface area contributed by atoms with Gasteiger partial charge in [0, 0.05) is 0 Å². The van der Waals surface area contributed by atoms with Crippen molar-refractivity contribution in [2.45, 2.75) is 6.92 Å². The Morgan fingerprint density at radius 3 is 2.90 bits per heavy atom. The Kier molecular flexibility index (Phi) is 2.02. The maximum atomic E-state index is 11.0. The molecule has 0 radical (unpaired) electrons. The minimum absolute atomic E-state index is 0.0208. The van der Waals surface area contributed by atoms with Crippen molar-refractivity contribution >= 4 is 17.1 Å². The number of ketones is 1. The lowest BCUT2D eigenvalue weighted by atomic mass is 10.2. The van der Waals surface area contributed by atoms with Gasteiger partial charge in [-0.3, -0.25) is 4.79 Å². The van der Waals surface area contributed by atoms with Crippen LogP contribution in [-0.2, 0) is 0 Å². The lowest BCUT2D eigenvalue weighted by molar-refractivity contribution is 0.105. The summed E-state index contributed by atoms with van der Waals surface area (Å²) in [5, 5.41) is 1.91. The summed E-state index contributed by atoms with van der Waals surface area (Å²) in [6.45, 7) is 5.34. The standard InChI is InChI=1S/C8H8OS/c1-3-7(9)8-6(2)4-5-10-8/h3-5H,1H2,2H3. The molecule has 0 saturated heterocycles. The second-order valence-corrected chi connectivity index (χ2v) is 2.92. The molecule has 0 unspecified atom stereocenters. The Hall–Kier alpha value is -0.890. The van der Waals surface area contributed by atoms with Crippen molar-refractivity contribution in [2.75, 3.05) is 0 Å². The molecule has 2 heteroatoms. The molecule has 0 atom stereocenters. The van der Waals surface area contributed by atoms with Crippen molar-refractivity contribution in [2.24, 2.45) is 0 Å². The molecule has 1 rings (SSSR count). The Labute approximate surface area is 64.0 Å². The van der Waals surface area contributed by atoms with Gasteiger partial charge in [0.1, 0.15) is 0 Å². The predicted octanol–water partition coefficient (Wildman–Crippen LogP) is 2.43. The van der Waals surface area contributed by atoms with Crippen LogP contribution < -0.4 is 0 Å². The Morgan fingerprint density at radius 1 is 1.80 bits per heavy atom. The van der Waals surface area contributed by atoms with E-state index in [2.05, 4.69) is 6.58 Å². The first-order valence-corrected chi connectivity index (χ1v) is 3.84. The van der Waals surface area contributed by atoms with Crippen LogP contribution in [0.4, 0.5) is 0 Å². The molecule has 1 heterocycles. The third-order valence-electron chi connectivity index (χ3n) is 1.27. The van der Waals surface area contributed by atoms with E-state index in [9.17, 15) is 4.79 Å². The van der Waals surface area contributed by atoms with Gasteiger partial charge in [0.05, 0.1) is 4.88 Å². The molecule has 0 saturated carbocycles. The lowest BCUT2D eigenvalue weighted by Gasteiger charge is -1.89. The van der Waals surface area contributed by atoms with Crippen molar-refractivity contribution in [3.8, 4) is 0 Å². The Morgan fingerprint density at radius 2 is 2.50 bits per heavy atom. The fourth-order valence-corrected chi connectivity index (χ4v) is 1.58. The smallest absolute Gasteiger partial charge is 0.195 e. The molecule has 0 aromatic carbocycles. The number of carbonyl (C=O) groups is 1. The van der Waals surface area contributed by atoms with Crippen molar-refractivity contribution in [1.29, 1.82) is 0 Å². The van der Waals surface area contributed by atoms with Crippen LogP contribution in [0.15, 0.2) is 24.1 Å². The topological polar surface area (TPSA) is 17.1 Å². The lowest BCUT2D eigenvalue weighted by Crippen LogP contribution is -1.90. The summed E-state index contributed by atoms with van der Waals surface area (Å²) in [6, 6.07) is 1.93. The van der Waals surface area contributed by atoms with Gasteiger partial charge in [0.2, 0.25) is 0 Å². The number of allylic oxidation sites excluding steroid dienone is 1. The van der Waals surface area contributed by atoms with Crippen LogP contribution >= 0.6 is 11.3 Å². The molecule has 0 amide bonds. The van der Waals surface area contributed by atoms with Crippen molar-refractivity contribution in [3.05, 3.63) is 34.5 Å². The number of carbonyl (C=O) groups excluding carboxylic acids is 1. The van der Waals surface area contributed by atoms with E-state index in [0.29, 0.717) is 0 Å². The van der Waals surface area contributed by atoms with Crippen LogP contribution in [-0.4, -0.2) is 5.78 Å². The van der Waals surface area contributed by atoms with Gasteiger partial charge in [-0.2, -0.15) is 0 Å². The summed E-state index contributed by atoms with van der Waals surface area (Å²) < 4.78 is 0. The van der Waals surface area contributed by atoms with Gasteiger partial charge in [0.15, 0.2) is 5.78 Å². The molecule has 1 aromatic heterocycles. The summed E-state index contributed by atoms with van der Waals surface area (Å²) >= 11 is 1.46. The number of rotatable bonds is 2. The molecule has 0 N–H and O–H groups in total. The minimum Gasteiger partial charge on any atom is -0.288 e. The summed E-state index contributed by atoms with van der Waals surface area (Å²) in [5.41, 5.74) is 1.04. The van der Waals surface area contributed by atoms with E-state index in [1.807, 2.05) is 18.4 Å². The molecule has 10 heavy (non-hydrogen) atoms. The van der Waals surface area contributed by atoms with Crippen molar-refractivity contribution < 1.29 is 4.79 Å². The van der Waals surface area contributed by atoms with Crippen LogP contribution in [0.1, 0.15) is 15.2 Å². The largest absolute Gasteiger partial charge is 0.288 e. The average Bonchev–Trinajstić information content (AvgIpc) is 2.34. The van der Waals surface area contributed by atoms with E-state index in [0.717, 1.165) is 10.4 Å². The Balaban J connectivity index is 3.04. The van der Waals surface area contributed by atoms with E-state index >= 15 is 0 Å². The van der Waals surface area contributed by atoms with Crippen LogP contribution in [0.5, 0.6) is 0 Å². The highest BCUT2D eigenvalue weighted by Gasteiger charge is 2.04. The molecule has 0 bridgehead atoms. The highest BCUT2D eigenvalue weighted by molar-refractivity contribution is 7.12. The Bertz CT molecular complexity index is 260. The number of hydrogen-bond donors (Lipinski definition) is 0. The molecular weight excluding hydrogens is 144 g/mol. The van der Waals surface area contributed by atoms with Crippen LogP contribution in [0.2, 0.25) is 0 Å². The third kappa shape index (κ3) is 1.16. The van der Waals surface area contributed by atoms with E-state index in [1.54, 1.807) is 0 Å². The van der Waals surface area contributed by atoms with Gasteiger partial charge >= 0.3 is 0 Å². The van der Waals surface area contributed by atoms with Gasteiger partial charge in [-0.25, -0.2) is 0 Å².